The lowest BCUT2D eigenvalue weighted by atomic mass is 9.72. The van der Waals surface area contributed by atoms with Gasteiger partial charge in [0, 0.05) is 54.1 Å². The first-order valence-corrected chi connectivity index (χ1v) is 22.8. The smallest absolute Gasteiger partial charge is 0.0860 e. The molecule has 2 aliphatic carbocycles. The molecule has 300 valence electrons. The zero-order valence-electron chi connectivity index (χ0n) is 34.9. The van der Waals surface area contributed by atoms with E-state index in [0.717, 1.165) is 28.4 Å². The molecular weight excluding hydrogens is 793 g/mol. The monoisotopic (exact) mass is 832 g/mol. The maximum absolute atomic E-state index is 2.53. The molecule has 1 aromatic heterocycles. The average molecular weight is 833 g/mol. The molecule has 0 saturated heterocycles. The molecule has 2 nitrogen and oxygen atoms in total. The normalized spacial score (nSPS) is 14.3. The van der Waals surface area contributed by atoms with E-state index >= 15 is 0 Å². The van der Waals surface area contributed by atoms with Gasteiger partial charge in [0.1, 0.15) is 0 Å². The number of anilines is 6. The van der Waals surface area contributed by atoms with Crippen LogP contribution >= 0.6 is 11.3 Å². The van der Waals surface area contributed by atoms with Crippen LogP contribution in [0.25, 0.3) is 54.2 Å². The topological polar surface area (TPSA) is 6.48 Å². The molecular formula is C61H40N2S. The van der Waals surface area contributed by atoms with Gasteiger partial charge < -0.3 is 9.80 Å². The second-order valence-electron chi connectivity index (χ2n) is 16.8. The van der Waals surface area contributed by atoms with Crippen LogP contribution in [0, 0.1) is 0 Å². The second kappa shape index (κ2) is 14.6. The van der Waals surface area contributed by atoms with Crippen LogP contribution in [0.5, 0.6) is 0 Å². The highest BCUT2D eigenvalue weighted by atomic mass is 32.1. The minimum atomic E-state index is -0.678. The predicted octanol–water partition coefficient (Wildman–Crippen LogP) is 17.0. The third-order valence-electron chi connectivity index (χ3n) is 13.4. The summed E-state index contributed by atoms with van der Waals surface area (Å²) in [7, 11) is 0. The number of benzene rings is 10. The summed E-state index contributed by atoms with van der Waals surface area (Å²) in [4.78, 5) is 6.39. The van der Waals surface area contributed by atoms with Gasteiger partial charge in [0.15, 0.2) is 0 Å². The van der Waals surface area contributed by atoms with E-state index in [1.54, 1.807) is 0 Å². The summed E-state index contributed by atoms with van der Waals surface area (Å²) in [5.74, 6) is 0. The first-order valence-electron chi connectivity index (χ1n) is 22.0. The first-order chi connectivity index (χ1) is 31.8. The number of hydrogen-bond acceptors (Lipinski definition) is 3. The third kappa shape index (κ3) is 5.32. The molecule has 3 heteroatoms. The van der Waals surface area contributed by atoms with Gasteiger partial charge in [-0.15, -0.1) is 11.3 Å². The van der Waals surface area contributed by atoms with Crippen LogP contribution in [-0.2, 0) is 5.41 Å². The van der Waals surface area contributed by atoms with Gasteiger partial charge in [-0.25, -0.2) is 0 Å². The zero-order valence-corrected chi connectivity index (χ0v) is 35.7. The highest BCUT2D eigenvalue weighted by Crippen LogP contribution is 2.70. The summed E-state index contributed by atoms with van der Waals surface area (Å²) in [5, 5.41) is 3.72. The molecule has 1 unspecified atom stereocenters. The Morgan fingerprint density at radius 2 is 0.828 bits per heavy atom. The van der Waals surface area contributed by atoms with Crippen molar-refractivity contribution >= 4 is 66.3 Å². The van der Waals surface area contributed by atoms with Gasteiger partial charge in [-0.05, 0) is 99.4 Å². The molecule has 0 radical (unpaired) electrons. The number of fused-ring (bicyclic) bond motifs is 13. The predicted molar refractivity (Wildman–Crippen MR) is 270 cm³/mol. The molecule has 0 fully saturated rings. The highest BCUT2D eigenvalue weighted by molar-refractivity contribution is 7.20. The van der Waals surface area contributed by atoms with Gasteiger partial charge in [0.25, 0.3) is 0 Å². The zero-order chi connectivity index (χ0) is 42.2. The Kier molecular flexibility index (Phi) is 8.34. The number of para-hydroxylation sites is 2. The molecule has 0 bridgehead atoms. The summed E-state index contributed by atoms with van der Waals surface area (Å²) in [6.45, 7) is 0. The van der Waals surface area contributed by atoms with Crippen molar-refractivity contribution in [3.63, 3.8) is 0 Å². The van der Waals surface area contributed by atoms with Gasteiger partial charge in [-0.2, -0.15) is 0 Å². The molecule has 1 heterocycles. The molecule has 0 saturated carbocycles. The molecule has 64 heavy (non-hydrogen) atoms. The molecule has 0 aliphatic heterocycles. The number of nitrogens with zero attached hydrogens (tertiary/aromatic N) is 2. The SMILES string of the molecule is c1ccc(-c2ccc(N(c3ccccc3)c3cccc4c3C3(c5ccccc5-4)c4sc5ccccc5c4-c4cccc(N(c5ccccc5)c5cccc6ccccc56)c43)cc2)cc1. The molecule has 0 amide bonds. The van der Waals surface area contributed by atoms with Crippen molar-refractivity contribution < 1.29 is 0 Å². The van der Waals surface area contributed by atoms with Crippen LogP contribution < -0.4 is 9.80 Å². The summed E-state index contributed by atoms with van der Waals surface area (Å²) in [6, 6.07) is 89.4. The number of hydrogen-bond donors (Lipinski definition) is 0. The summed E-state index contributed by atoms with van der Waals surface area (Å²) in [6.07, 6.45) is 0. The quantitative estimate of drug-likeness (QED) is 0.158. The van der Waals surface area contributed by atoms with Crippen LogP contribution in [0.15, 0.2) is 243 Å². The molecule has 10 aromatic carbocycles. The summed E-state index contributed by atoms with van der Waals surface area (Å²) >= 11 is 1.96. The van der Waals surface area contributed by atoms with Gasteiger partial charge >= 0.3 is 0 Å². The van der Waals surface area contributed by atoms with E-state index < -0.39 is 5.41 Å². The van der Waals surface area contributed by atoms with Crippen LogP contribution in [0.2, 0.25) is 0 Å². The molecule has 1 spiro atoms. The lowest BCUT2D eigenvalue weighted by Crippen LogP contribution is -2.29. The maximum Gasteiger partial charge on any atom is 0.0860 e. The van der Waals surface area contributed by atoms with E-state index in [1.807, 2.05) is 11.3 Å². The Balaban J connectivity index is 1.16. The van der Waals surface area contributed by atoms with Crippen LogP contribution in [0.1, 0.15) is 21.6 Å². The maximum atomic E-state index is 2.53. The Morgan fingerprint density at radius 3 is 1.59 bits per heavy atom. The standard InChI is InChI=1S/C61H40N2S/c1-4-19-41(20-5-1)42-37-39-46(40-38-42)62(44-23-6-2-7-24-44)54-34-17-30-49-48-28-12-14-32-52(48)61(58(49)54)59-51(57-50-29-13-15-36-56(50)64-60(57)61)31-18-35-55(59)63(45-25-8-3-9-26-45)53-33-16-22-43-21-10-11-27-47(43)53/h1-40H. The number of rotatable bonds is 7. The highest BCUT2D eigenvalue weighted by Gasteiger charge is 2.56. The van der Waals surface area contributed by atoms with Crippen molar-refractivity contribution in [2.45, 2.75) is 5.41 Å². The summed E-state index contributed by atoms with van der Waals surface area (Å²) < 4.78 is 1.30. The van der Waals surface area contributed by atoms with Gasteiger partial charge in [-0.1, -0.05) is 182 Å². The van der Waals surface area contributed by atoms with Crippen LogP contribution in [0.4, 0.5) is 34.1 Å². The van der Waals surface area contributed by atoms with E-state index in [-0.39, 0.29) is 0 Å². The van der Waals surface area contributed by atoms with E-state index in [0.29, 0.717) is 0 Å². The molecule has 2 aliphatic rings. The molecule has 13 rings (SSSR count). The Hall–Kier alpha value is -7.98. The van der Waals surface area contributed by atoms with Gasteiger partial charge in [0.2, 0.25) is 0 Å². The minimum absolute atomic E-state index is 0.678. The molecule has 11 aromatic rings. The summed E-state index contributed by atoms with van der Waals surface area (Å²) in [5.41, 5.74) is 17.6. The molecule has 1 atom stereocenters. The fourth-order valence-corrected chi connectivity index (χ4v) is 12.3. The van der Waals surface area contributed by atoms with E-state index in [2.05, 4.69) is 252 Å². The van der Waals surface area contributed by atoms with Crippen molar-refractivity contribution in [2.75, 3.05) is 9.80 Å². The van der Waals surface area contributed by atoms with E-state index in [1.165, 1.54) is 81.5 Å². The van der Waals surface area contributed by atoms with Gasteiger partial charge in [0.05, 0.1) is 22.5 Å². The number of thiophene rings is 1. The van der Waals surface area contributed by atoms with Crippen molar-refractivity contribution in [3.8, 4) is 33.4 Å². The van der Waals surface area contributed by atoms with Crippen LogP contribution in [-0.4, -0.2) is 0 Å². The Bertz CT molecular complexity index is 3550. The third-order valence-corrected chi connectivity index (χ3v) is 14.7. The Morgan fingerprint density at radius 1 is 0.328 bits per heavy atom. The van der Waals surface area contributed by atoms with Crippen LogP contribution in [0.3, 0.4) is 0 Å². The lowest BCUT2D eigenvalue weighted by molar-refractivity contribution is 0.809. The van der Waals surface area contributed by atoms with E-state index in [4.69, 9.17) is 0 Å². The minimum Gasteiger partial charge on any atom is -0.310 e. The fourth-order valence-electron chi connectivity index (χ4n) is 10.9. The van der Waals surface area contributed by atoms with Gasteiger partial charge in [-0.3, -0.25) is 0 Å². The second-order valence-corrected chi connectivity index (χ2v) is 17.8. The lowest BCUT2D eigenvalue weighted by Gasteiger charge is -2.38. The van der Waals surface area contributed by atoms with Crippen molar-refractivity contribution in [3.05, 3.63) is 264 Å². The van der Waals surface area contributed by atoms with Crippen molar-refractivity contribution in [1.29, 1.82) is 0 Å². The molecule has 0 N–H and O–H groups in total. The van der Waals surface area contributed by atoms with E-state index in [9.17, 15) is 0 Å². The van der Waals surface area contributed by atoms with Crippen molar-refractivity contribution in [1.82, 2.24) is 0 Å². The first kappa shape index (κ1) is 36.7. The van der Waals surface area contributed by atoms with Crippen molar-refractivity contribution in [2.24, 2.45) is 0 Å². The average Bonchev–Trinajstić information content (AvgIpc) is 4.00. The largest absolute Gasteiger partial charge is 0.310 e. The Labute approximate surface area is 377 Å². The fraction of sp³-hybridized carbons (Fsp3) is 0.0164.